The smallest absolute Gasteiger partial charge is 0.394 e. The highest BCUT2D eigenvalue weighted by Crippen LogP contribution is 2.26. The number of aliphatic hydroxyl groups excluding tert-OH is 5. The largest absolute Gasteiger partial charge is 0.397 e. The zero-order chi connectivity index (χ0) is 35.8. The molecule has 8 unspecified atom stereocenters. The second-order valence-electron chi connectivity index (χ2n) is 13.3. The first-order chi connectivity index (χ1) is 22.9. The Morgan fingerprint density at radius 2 is 1.21 bits per heavy atom. The van der Waals surface area contributed by atoms with E-state index in [0.717, 1.165) is 51.4 Å². The van der Waals surface area contributed by atoms with Gasteiger partial charge in [0, 0.05) is 0 Å². The SMILES string of the molecule is CCCCCCCCCCCCCCC(O)C(=O)NC(COC1OC(CO)C(O)C(OS(=O)(=O)O)C1O)C(O)CCCCCCCCC. The summed E-state index contributed by atoms with van der Waals surface area (Å²) in [5.41, 5.74) is 0. The fourth-order valence-electron chi connectivity index (χ4n) is 5.99. The summed E-state index contributed by atoms with van der Waals surface area (Å²) in [7, 11) is -5.09. The van der Waals surface area contributed by atoms with Crippen LogP contribution in [0.1, 0.15) is 149 Å². The Balaban J connectivity index is 2.66. The van der Waals surface area contributed by atoms with Crippen molar-refractivity contribution in [1.82, 2.24) is 5.32 Å². The summed E-state index contributed by atoms with van der Waals surface area (Å²) < 4.78 is 47.1. The first-order valence-corrected chi connectivity index (χ1v) is 19.9. The molecule has 1 fully saturated rings. The molecule has 1 aliphatic rings. The fraction of sp³-hybridized carbons (Fsp3) is 0.971. The van der Waals surface area contributed by atoms with Gasteiger partial charge in [-0.25, -0.2) is 4.18 Å². The van der Waals surface area contributed by atoms with Gasteiger partial charge >= 0.3 is 10.4 Å². The van der Waals surface area contributed by atoms with Crippen molar-refractivity contribution in [3.8, 4) is 0 Å². The second kappa shape index (κ2) is 26.8. The van der Waals surface area contributed by atoms with Gasteiger partial charge < -0.3 is 40.3 Å². The summed E-state index contributed by atoms with van der Waals surface area (Å²) in [6, 6.07) is -1.02. The molecule has 1 rings (SSSR count). The molecular formula is C34H67NO12S. The molecule has 8 atom stereocenters. The fourth-order valence-corrected chi connectivity index (χ4v) is 6.50. The molecule has 48 heavy (non-hydrogen) atoms. The number of amides is 1. The summed E-state index contributed by atoms with van der Waals surface area (Å²) in [5, 5.41) is 54.7. The lowest BCUT2D eigenvalue weighted by Crippen LogP contribution is -2.61. The lowest BCUT2D eigenvalue weighted by Gasteiger charge is -2.41. The van der Waals surface area contributed by atoms with Crippen molar-refractivity contribution >= 4 is 16.3 Å². The maximum absolute atomic E-state index is 12.9. The van der Waals surface area contributed by atoms with Gasteiger partial charge in [0.2, 0.25) is 5.91 Å². The first kappa shape index (κ1) is 45.1. The number of ether oxygens (including phenoxy) is 2. The average molecular weight is 714 g/mol. The maximum atomic E-state index is 12.9. The van der Waals surface area contributed by atoms with Crippen molar-refractivity contribution in [3.63, 3.8) is 0 Å². The number of carbonyl (C=O) groups excluding carboxylic acids is 1. The monoisotopic (exact) mass is 713 g/mol. The van der Waals surface area contributed by atoms with E-state index in [1.807, 2.05) is 0 Å². The van der Waals surface area contributed by atoms with Crippen LogP contribution >= 0.6 is 0 Å². The Labute approximate surface area is 289 Å². The second-order valence-corrected chi connectivity index (χ2v) is 14.4. The molecule has 1 heterocycles. The predicted molar refractivity (Wildman–Crippen MR) is 182 cm³/mol. The van der Waals surface area contributed by atoms with Gasteiger partial charge in [0.25, 0.3) is 0 Å². The van der Waals surface area contributed by atoms with Gasteiger partial charge in [-0.05, 0) is 12.8 Å². The number of hydrogen-bond donors (Lipinski definition) is 7. The third-order valence-corrected chi connectivity index (χ3v) is 9.49. The molecule has 0 saturated carbocycles. The number of rotatable bonds is 30. The molecule has 14 heteroatoms. The zero-order valence-electron chi connectivity index (χ0n) is 29.4. The standard InChI is InChI=1S/C34H67NO12S/c1-3-5-7-9-11-12-13-14-15-17-19-21-23-28(38)33(41)35-26(27(37)22-20-18-16-10-8-6-4-2)25-45-34-31(40)32(47-48(42,43)44)30(39)29(24-36)46-34/h26-32,34,36-40H,3-25H2,1-2H3,(H,35,41)(H,42,43,44). The minimum absolute atomic E-state index is 0.264. The van der Waals surface area contributed by atoms with Crippen LogP contribution in [0.5, 0.6) is 0 Å². The summed E-state index contributed by atoms with van der Waals surface area (Å²) in [6.07, 6.45) is 10.6. The molecule has 7 N–H and O–H groups in total. The van der Waals surface area contributed by atoms with E-state index in [-0.39, 0.29) is 6.42 Å². The highest BCUT2D eigenvalue weighted by atomic mass is 32.3. The van der Waals surface area contributed by atoms with Crippen molar-refractivity contribution in [1.29, 1.82) is 0 Å². The molecule has 1 amide bonds. The van der Waals surface area contributed by atoms with Crippen LogP contribution in [0.2, 0.25) is 0 Å². The van der Waals surface area contributed by atoms with E-state index >= 15 is 0 Å². The summed E-state index contributed by atoms with van der Waals surface area (Å²) in [4.78, 5) is 12.9. The highest BCUT2D eigenvalue weighted by molar-refractivity contribution is 7.80. The highest BCUT2D eigenvalue weighted by Gasteiger charge is 2.48. The summed E-state index contributed by atoms with van der Waals surface area (Å²) in [5.74, 6) is -0.674. The molecular weight excluding hydrogens is 646 g/mol. The Bertz CT molecular complexity index is 911. The average Bonchev–Trinajstić information content (AvgIpc) is 3.05. The molecule has 1 aliphatic heterocycles. The lowest BCUT2D eigenvalue weighted by atomic mass is 9.99. The molecule has 0 bridgehead atoms. The first-order valence-electron chi connectivity index (χ1n) is 18.5. The van der Waals surface area contributed by atoms with Crippen molar-refractivity contribution in [2.75, 3.05) is 13.2 Å². The number of unbranched alkanes of at least 4 members (excludes halogenated alkanes) is 17. The number of carbonyl (C=O) groups is 1. The maximum Gasteiger partial charge on any atom is 0.397 e. The van der Waals surface area contributed by atoms with E-state index in [9.17, 15) is 38.7 Å². The third-order valence-electron chi connectivity index (χ3n) is 9.02. The Kier molecular flexibility index (Phi) is 25.2. The van der Waals surface area contributed by atoms with Crippen LogP contribution in [0.25, 0.3) is 0 Å². The molecule has 0 aromatic heterocycles. The lowest BCUT2D eigenvalue weighted by molar-refractivity contribution is -0.298. The van der Waals surface area contributed by atoms with Gasteiger partial charge in [-0.3, -0.25) is 9.35 Å². The molecule has 13 nitrogen and oxygen atoms in total. The van der Waals surface area contributed by atoms with Crippen LogP contribution in [0.15, 0.2) is 0 Å². The minimum atomic E-state index is -5.09. The Morgan fingerprint density at radius 3 is 1.67 bits per heavy atom. The summed E-state index contributed by atoms with van der Waals surface area (Å²) >= 11 is 0. The summed E-state index contributed by atoms with van der Waals surface area (Å²) in [6.45, 7) is 3.17. The number of nitrogens with one attached hydrogen (secondary N) is 1. The van der Waals surface area contributed by atoms with Gasteiger partial charge in [-0.2, -0.15) is 8.42 Å². The van der Waals surface area contributed by atoms with Gasteiger partial charge in [0.1, 0.15) is 30.5 Å². The van der Waals surface area contributed by atoms with E-state index in [1.54, 1.807) is 0 Å². The number of aliphatic hydroxyl groups is 5. The molecule has 0 radical (unpaired) electrons. The van der Waals surface area contributed by atoms with Crippen molar-refractivity contribution in [2.24, 2.45) is 0 Å². The number of hydrogen-bond acceptors (Lipinski definition) is 11. The normalized spacial score (nSPS) is 23.5. The van der Waals surface area contributed by atoms with Crippen LogP contribution in [-0.4, -0.2) is 107 Å². The Hall–Kier alpha value is -0.940. The molecule has 0 aliphatic carbocycles. The van der Waals surface area contributed by atoms with Gasteiger partial charge in [-0.15, -0.1) is 0 Å². The van der Waals surface area contributed by atoms with Crippen molar-refractivity contribution in [3.05, 3.63) is 0 Å². The van der Waals surface area contributed by atoms with Gasteiger partial charge in [-0.1, -0.05) is 136 Å². The quantitative estimate of drug-likeness (QED) is 0.0415. The van der Waals surface area contributed by atoms with E-state index in [1.165, 1.54) is 57.8 Å². The molecule has 0 aromatic rings. The van der Waals surface area contributed by atoms with E-state index in [2.05, 4.69) is 23.3 Å². The van der Waals surface area contributed by atoms with E-state index in [4.69, 9.17) is 14.0 Å². The van der Waals surface area contributed by atoms with Crippen LogP contribution in [0.3, 0.4) is 0 Å². The van der Waals surface area contributed by atoms with Crippen LogP contribution in [0, 0.1) is 0 Å². The zero-order valence-corrected chi connectivity index (χ0v) is 30.2. The van der Waals surface area contributed by atoms with Crippen LogP contribution < -0.4 is 5.32 Å². The molecule has 286 valence electrons. The van der Waals surface area contributed by atoms with Gasteiger partial charge in [0.15, 0.2) is 6.29 Å². The van der Waals surface area contributed by atoms with E-state index < -0.39 is 78.5 Å². The topological polar surface area (TPSA) is 212 Å². The third kappa shape index (κ3) is 20.0. The van der Waals surface area contributed by atoms with Crippen molar-refractivity contribution < 1.29 is 57.0 Å². The Morgan fingerprint density at radius 1 is 0.750 bits per heavy atom. The molecule has 0 spiro atoms. The molecule has 1 saturated heterocycles. The van der Waals surface area contributed by atoms with Crippen LogP contribution in [0.4, 0.5) is 0 Å². The van der Waals surface area contributed by atoms with Crippen molar-refractivity contribution in [2.45, 2.75) is 198 Å². The van der Waals surface area contributed by atoms with E-state index in [0.29, 0.717) is 19.3 Å². The van der Waals surface area contributed by atoms with Gasteiger partial charge in [0.05, 0.1) is 25.4 Å². The minimum Gasteiger partial charge on any atom is -0.394 e. The molecule has 0 aromatic carbocycles. The predicted octanol–water partition coefficient (Wildman–Crippen LogP) is 4.07. The van der Waals surface area contributed by atoms with Crippen LogP contribution in [-0.2, 0) is 28.9 Å².